The Hall–Kier alpha value is -1.69. The van der Waals surface area contributed by atoms with Gasteiger partial charge in [-0.05, 0) is 42.9 Å². The molecule has 0 spiro atoms. The highest BCUT2D eigenvalue weighted by molar-refractivity contribution is 7.71. The first-order chi connectivity index (χ1) is 7.08. The molecule has 0 aliphatic heterocycles. The summed E-state index contributed by atoms with van der Waals surface area (Å²) in [5.74, 6) is -0.113. The van der Waals surface area contributed by atoms with Crippen LogP contribution in [0, 0.1) is 17.5 Å². The van der Waals surface area contributed by atoms with Gasteiger partial charge in [-0.15, -0.1) is 5.10 Å². The van der Waals surface area contributed by atoms with Crippen LogP contribution in [-0.4, -0.2) is 14.8 Å². The lowest BCUT2D eigenvalue weighted by molar-refractivity contribution is 0.625. The Bertz CT molecular complexity index is 537. The van der Waals surface area contributed by atoms with Crippen molar-refractivity contribution in [3.63, 3.8) is 0 Å². The maximum absolute atomic E-state index is 13.2. The summed E-state index contributed by atoms with van der Waals surface area (Å²) in [7, 11) is 0. The van der Waals surface area contributed by atoms with Crippen LogP contribution in [0.4, 0.5) is 10.3 Å². The molecule has 0 aliphatic rings. The van der Waals surface area contributed by atoms with E-state index in [4.69, 9.17) is 18.0 Å². The first-order valence-electron chi connectivity index (χ1n) is 4.28. The molecule has 78 valence electrons. The summed E-state index contributed by atoms with van der Waals surface area (Å²) in [6.45, 7) is 1.80. The lowest BCUT2D eigenvalue weighted by Crippen LogP contribution is -2.01. The number of benzene rings is 1. The Labute approximate surface area is 90.5 Å². The largest absolute Gasteiger partial charge is 0.368 e. The van der Waals surface area contributed by atoms with Crippen LogP contribution in [-0.2, 0) is 0 Å². The predicted molar refractivity (Wildman–Crippen MR) is 57.9 cm³/mol. The maximum atomic E-state index is 13.2. The highest BCUT2D eigenvalue weighted by atomic mass is 32.1. The van der Waals surface area contributed by atoms with E-state index in [2.05, 4.69) is 10.2 Å². The van der Waals surface area contributed by atoms with Crippen molar-refractivity contribution in [2.24, 2.45) is 0 Å². The Morgan fingerprint density at radius 1 is 1.47 bits per heavy atom. The van der Waals surface area contributed by atoms with E-state index < -0.39 is 0 Å². The molecule has 0 saturated carbocycles. The molecule has 0 saturated heterocycles. The fourth-order valence-electron chi connectivity index (χ4n) is 1.40. The van der Waals surface area contributed by atoms with Gasteiger partial charge in [-0.2, -0.15) is 0 Å². The van der Waals surface area contributed by atoms with Crippen LogP contribution in [0.5, 0.6) is 0 Å². The van der Waals surface area contributed by atoms with E-state index in [0.717, 1.165) is 5.56 Å². The second kappa shape index (κ2) is 3.47. The number of anilines is 1. The van der Waals surface area contributed by atoms with E-state index in [1.807, 2.05) is 0 Å². The van der Waals surface area contributed by atoms with Crippen molar-refractivity contribution in [1.29, 1.82) is 0 Å². The van der Waals surface area contributed by atoms with Crippen LogP contribution < -0.4 is 5.73 Å². The van der Waals surface area contributed by atoms with Gasteiger partial charge in [0.1, 0.15) is 5.82 Å². The second-order valence-electron chi connectivity index (χ2n) is 3.21. The van der Waals surface area contributed by atoms with E-state index in [1.165, 1.54) is 16.7 Å². The minimum atomic E-state index is -0.326. The number of aromatic amines is 1. The zero-order valence-corrected chi connectivity index (χ0v) is 8.81. The zero-order chi connectivity index (χ0) is 11.0. The molecule has 1 heterocycles. The first kappa shape index (κ1) is 9.85. The van der Waals surface area contributed by atoms with Crippen molar-refractivity contribution in [2.75, 3.05) is 5.73 Å². The predicted octanol–water partition coefficient (Wildman–Crippen LogP) is 1.96. The SMILES string of the molecule is Cc1cc(F)cc(-n2c(N)n[nH]c2=S)c1. The minimum absolute atomic E-state index is 0.213. The smallest absolute Gasteiger partial charge is 0.225 e. The molecule has 6 heteroatoms. The van der Waals surface area contributed by atoms with Crippen molar-refractivity contribution >= 4 is 18.2 Å². The molecule has 0 amide bonds. The van der Waals surface area contributed by atoms with Crippen LogP contribution in [0.25, 0.3) is 5.69 Å². The number of aromatic nitrogens is 3. The highest BCUT2D eigenvalue weighted by Crippen LogP contribution is 2.15. The van der Waals surface area contributed by atoms with Gasteiger partial charge in [-0.3, -0.25) is 4.57 Å². The Balaban J connectivity index is 2.69. The molecule has 4 nitrogen and oxygen atoms in total. The monoisotopic (exact) mass is 224 g/mol. The Morgan fingerprint density at radius 2 is 2.20 bits per heavy atom. The van der Waals surface area contributed by atoms with Crippen molar-refractivity contribution in [2.45, 2.75) is 6.92 Å². The lowest BCUT2D eigenvalue weighted by Gasteiger charge is -2.04. The van der Waals surface area contributed by atoms with E-state index in [9.17, 15) is 4.39 Å². The van der Waals surface area contributed by atoms with Gasteiger partial charge < -0.3 is 5.73 Å². The number of H-pyrrole nitrogens is 1. The molecule has 0 atom stereocenters. The van der Waals surface area contributed by atoms with Crippen molar-refractivity contribution in [1.82, 2.24) is 14.8 Å². The van der Waals surface area contributed by atoms with Crippen molar-refractivity contribution in [3.8, 4) is 5.69 Å². The summed E-state index contributed by atoms with van der Waals surface area (Å²) in [6, 6.07) is 4.57. The van der Waals surface area contributed by atoms with E-state index in [-0.39, 0.29) is 11.8 Å². The molecule has 1 aromatic heterocycles. The molecule has 0 aliphatic carbocycles. The standard InChI is InChI=1S/C9H9FN4S/c1-5-2-6(10)4-7(3-5)14-8(11)12-13-9(14)15/h2-4H,1H3,(H2,11,12)(H,13,15). The van der Waals surface area contributed by atoms with Crippen LogP contribution >= 0.6 is 12.2 Å². The van der Waals surface area contributed by atoms with Gasteiger partial charge in [0.2, 0.25) is 10.7 Å². The molecule has 15 heavy (non-hydrogen) atoms. The van der Waals surface area contributed by atoms with Gasteiger partial charge >= 0.3 is 0 Å². The summed E-state index contributed by atoms with van der Waals surface area (Å²) in [4.78, 5) is 0. The molecule has 0 unspecified atom stereocenters. The van der Waals surface area contributed by atoms with E-state index in [0.29, 0.717) is 10.5 Å². The number of nitrogen functional groups attached to an aromatic ring is 1. The third-order valence-electron chi connectivity index (χ3n) is 1.98. The maximum Gasteiger partial charge on any atom is 0.225 e. The average Bonchev–Trinajstić information content (AvgIpc) is 2.44. The van der Waals surface area contributed by atoms with Crippen LogP contribution in [0.15, 0.2) is 18.2 Å². The first-order valence-corrected chi connectivity index (χ1v) is 4.69. The van der Waals surface area contributed by atoms with Crippen LogP contribution in [0.2, 0.25) is 0 Å². The highest BCUT2D eigenvalue weighted by Gasteiger charge is 2.06. The average molecular weight is 224 g/mol. The molecule has 0 bridgehead atoms. The summed E-state index contributed by atoms with van der Waals surface area (Å²) >= 11 is 4.98. The van der Waals surface area contributed by atoms with E-state index >= 15 is 0 Å². The number of aryl methyl sites for hydroxylation is 1. The van der Waals surface area contributed by atoms with Gasteiger partial charge in [0.15, 0.2) is 0 Å². The lowest BCUT2D eigenvalue weighted by atomic mass is 10.2. The fraction of sp³-hybridized carbons (Fsp3) is 0.111. The second-order valence-corrected chi connectivity index (χ2v) is 3.60. The number of hydrogen-bond donors (Lipinski definition) is 2. The molecule has 1 aromatic carbocycles. The minimum Gasteiger partial charge on any atom is -0.368 e. The summed E-state index contributed by atoms with van der Waals surface area (Å²) < 4.78 is 15.0. The third-order valence-corrected chi connectivity index (χ3v) is 2.26. The number of nitrogens with zero attached hydrogens (tertiary/aromatic N) is 2. The van der Waals surface area contributed by atoms with Gasteiger partial charge in [0.25, 0.3) is 0 Å². The molecule has 0 fully saturated rings. The Morgan fingerprint density at radius 3 is 2.73 bits per heavy atom. The van der Waals surface area contributed by atoms with Crippen LogP contribution in [0.3, 0.4) is 0 Å². The number of nitrogens with one attached hydrogen (secondary N) is 1. The van der Waals surface area contributed by atoms with Gasteiger partial charge in [0, 0.05) is 0 Å². The summed E-state index contributed by atoms with van der Waals surface area (Å²) in [5, 5.41) is 6.30. The van der Waals surface area contributed by atoms with Gasteiger partial charge in [-0.1, -0.05) is 0 Å². The van der Waals surface area contributed by atoms with Crippen molar-refractivity contribution < 1.29 is 4.39 Å². The Kier molecular flexibility index (Phi) is 2.28. The zero-order valence-electron chi connectivity index (χ0n) is 7.99. The number of hydrogen-bond acceptors (Lipinski definition) is 3. The number of rotatable bonds is 1. The quantitative estimate of drug-likeness (QED) is 0.728. The van der Waals surface area contributed by atoms with Gasteiger partial charge in [0.05, 0.1) is 5.69 Å². The molecular formula is C9H9FN4S. The summed E-state index contributed by atoms with van der Waals surface area (Å²) in [5.41, 5.74) is 6.98. The fourth-order valence-corrected chi connectivity index (χ4v) is 1.65. The van der Waals surface area contributed by atoms with Crippen molar-refractivity contribution in [3.05, 3.63) is 34.4 Å². The molecule has 0 radical (unpaired) electrons. The molecule has 3 N–H and O–H groups in total. The molecule has 2 rings (SSSR count). The normalized spacial score (nSPS) is 10.5. The van der Waals surface area contributed by atoms with Gasteiger partial charge in [-0.25, -0.2) is 9.49 Å². The molecular weight excluding hydrogens is 215 g/mol. The summed E-state index contributed by atoms with van der Waals surface area (Å²) in [6.07, 6.45) is 0. The topological polar surface area (TPSA) is 59.6 Å². The number of halogens is 1. The van der Waals surface area contributed by atoms with E-state index in [1.54, 1.807) is 13.0 Å². The number of nitrogens with two attached hydrogens (primary N) is 1. The third kappa shape index (κ3) is 1.75. The van der Waals surface area contributed by atoms with Crippen LogP contribution in [0.1, 0.15) is 5.56 Å². The molecule has 2 aromatic rings.